The van der Waals surface area contributed by atoms with Gasteiger partial charge in [-0.25, -0.2) is 0 Å². The number of nitrogens with one attached hydrogen (secondary N) is 1. The minimum atomic E-state index is 0.446. The molecule has 1 amide bonds. The lowest BCUT2D eigenvalue weighted by atomic mass is 10.2. The number of rotatable bonds is 4. The molecule has 0 bridgehead atoms. The summed E-state index contributed by atoms with van der Waals surface area (Å²) < 4.78 is 5.64. The molecule has 0 aliphatic heterocycles. The fourth-order valence-corrected chi connectivity index (χ4v) is 1.81. The second-order valence-corrected chi connectivity index (χ2v) is 4.12. The van der Waals surface area contributed by atoms with E-state index in [2.05, 4.69) is 15.5 Å². The van der Waals surface area contributed by atoms with E-state index in [1.54, 1.807) is 12.1 Å². The topological polar surface area (TPSA) is 68.0 Å². The van der Waals surface area contributed by atoms with E-state index >= 15 is 0 Å². The van der Waals surface area contributed by atoms with Crippen LogP contribution in [0.4, 0.5) is 5.69 Å². The Labute approximate surface area is 115 Å². The van der Waals surface area contributed by atoms with E-state index in [-0.39, 0.29) is 0 Å². The molecular formula is C15H11N3O2. The van der Waals surface area contributed by atoms with Gasteiger partial charge in [-0.1, -0.05) is 18.2 Å². The lowest BCUT2D eigenvalue weighted by molar-refractivity contribution is -0.105. The van der Waals surface area contributed by atoms with Gasteiger partial charge in [-0.15, -0.1) is 10.2 Å². The van der Waals surface area contributed by atoms with Crippen molar-refractivity contribution in [2.45, 2.75) is 0 Å². The van der Waals surface area contributed by atoms with Crippen LogP contribution < -0.4 is 5.32 Å². The fourth-order valence-electron chi connectivity index (χ4n) is 1.81. The number of benzene rings is 2. The molecule has 1 heterocycles. The summed E-state index contributed by atoms with van der Waals surface area (Å²) in [5, 5.41) is 10.6. The standard InChI is InChI=1S/C15H11N3O2/c19-10-16-13-8-6-12(7-9-13)15-18-17-14(20-15)11-4-2-1-3-5-11/h1-10H,(H,16,19). The first-order chi connectivity index (χ1) is 9.86. The van der Waals surface area contributed by atoms with Crippen LogP contribution in [0.1, 0.15) is 0 Å². The maximum Gasteiger partial charge on any atom is 0.248 e. The van der Waals surface area contributed by atoms with E-state index in [9.17, 15) is 4.79 Å². The molecule has 3 rings (SSSR count). The van der Waals surface area contributed by atoms with Crippen LogP contribution in [0.2, 0.25) is 0 Å². The lowest BCUT2D eigenvalue weighted by Crippen LogP contribution is -1.92. The van der Waals surface area contributed by atoms with Crippen molar-refractivity contribution in [1.29, 1.82) is 0 Å². The number of amides is 1. The van der Waals surface area contributed by atoms with Crippen molar-refractivity contribution in [3.63, 3.8) is 0 Å². The van der Waals surface area contributed by atoms with Crippen LogP contribution in [0, 0.1) is 0 Å². The number of carbonyl (C=O) groups excluding carboxylic acids is 1. The zero-order valence-corrected chi connectivity index (χ0v) is 10.5. The second kappa shape index (κ2) is 5.36. The van der Waals surface area contributed by atoms with Crippen molar-refractivity contribution in [3.8, 4) is 22.9 Å². The van der Waals surface area contributed by atoms with Crippen LogP contribution in [0.25, 0.3) is 22.9 Å². The molecule has 20 heavy (non-hydrogen) atoms. The number of hydrogen-bond acceptors (Lipinski definition) is 4. The summed E-state index contributed by atoms with van der Waals surface area (Å²) in [4.78, 5) is 10.3. The molecule has 3 aromatic rings. The van der Waals surface area contributed by atoms with Crippen LogP contribution in [0.5, 0.6) is 0 Å². The van der Waals surface area contributed by atoms with E-state index in [0.717, 1.165) is 11.1 Å². The average molecular weight is 265 g/mol. The van der Waals surface area contributed by atoms with Gasteiger partial charge in [-0.2, -0.15) is 0 Å². The number of aromatic nitrogens is 2. The summed E-state index contributed by atoms with van der Waals surface area (Å²) in [7, 11) is 0. The SMILES string of the molecule is O=CNc1ccc(-c2nnc(-c3ccccc3)o2)cc1. The molecule has 1 N–H and O–H groups in total. The first kappa shape index (κ1) is 12.1. The Bertz CT molecular complexity index is 705. The highest BCUT2D eigenvalue weighted by Crippen LogP contribution is 2.24. The minimum Gasteiger partial charge on any atom is -0.416 e. The van der Waals surface area contributed by atoms with Crippen LogP contribution in [0.3, 0.4) is 0 Å². The van der Waals surface area contributed by atoms with Gasteiger partial charge in [0.1, 0.15) is 0 Å². The third kappa shape index (κ3) is 2.42. The second-order valence-electron chi connectivity index (χ2n) is 4.12. The third-order valence-corrected chi connectivity index (χ3v) is 2.80. The summed E-state index contributed by atoms with van der Waals surface area (Å²) in [6, 6.07) is 16.8. The molecule has 98 valence electrons. The molecule has 0 unspecified atom stereocenters. The van der Waals surface area contributed by atoms with Crippen molar-refractivity contribution >= 4 is 12.1 Å². The Hall–Kier alpha value is -2.95. The first-order valence-corrected chi connectivity index (χ1v) is 6.06. The van der Waals surface area contributed by atoms with Gasteiger partial charge < -0.3 is 9.73 Å². The molecule has 0 aliphatic carbocycles. The van der Waals surface area contributed by atoms with Gasteiger partial charge >= 0.3 is 0 Å². The van der Waals surface area contributed by atoms with E-state index in [1.165, 1.54) is 0 Å². The molecule has 5 heteroatoms. The highest BCUT2D eigenvalue weighted by Gasteiger charge is 2.09. The molecule has 0 saturated heterocycles. The highest BCUT2D eigenvalue weighted by molar-refractivity contribution is 5.72. The van der Waals surface area contributed by atoms with E-state index in [1.807, 2.05) is 42.5 Å². The maximum absolute atomic E-state index is 10.3. The number of hydrogen-bond donors (Lipinski definition) is 1. The quantitative estimate of drug-likeness (QED) is 0.736. The summed E-state index contributed by atoms with van der Waals surface area (Å²) in [6.45, 7) is 0. The summed E-state index contributed by atoms with van der Waals surface area (Å²) in [5.74, 6) is 0.928. The molecule has 0 radical (unpaired) electrons. The molecule has 0 fully saturated rings. The van der Waals surface area contributed by atoms with Gasteiger partial charge in [0.05, 0.1) is 0 Å². The molecular weight excluding hydrogens is 254 g/mol. The predicted octanol–water partition coefficient (Wildman–Crippen LogP) is 2.97. The van der Waals surface area contributed by atoms with Crippen LogP contribution >= 0.6 is 0 Å². The summed E-state index contributed by atoms with van der Waals surface area (Å²) >= 11 is 0. The van der Waals surface area contributed by atoms with Gasteiger partial charge in [0, 0.05) is 16.8 Å². The molecule has 0 atom stereocenters. The molecule has 5 nitrogen and oxygen atoms in total. The van der Waals surface area contributed by atoms with Crippen molar-refractivity contribution < 1.29 is 9.21 Å². The van der Waals surface area contributed by atoms with Crippen molar-refractivity contribution in [2.24, 2.45) is 0 Å². The van der Waals surface area contributed by atoms with E-state index in [4.69, 9.17) is 4.42 Å². The van der Waals surface area contributed by atoms with Crippen molar-refractivity contribution in [3.05, 3.63) is 54.6 Å². The monoisotopic (exact) mass is 265 g/mol. The van der Waals surface area contributed by atoms with Gasteiger partial charge in [-0.05, 0) is 36.4 Å². The van der Waals surface area contributed by atoms with Gasteiger partial charge in [0.15, 0.2) is 0 Å². The molecule has 1 aromatic heterocycles. The number of carbonyl (C=O) groups is 1. The van der Waals surface area contributed by atoms with Gasteiger partial charge in [0.25, 0.3) is 0 Å². The van der Waals surface area contributed by atoms with Crippen molar-refractivity contribution in [2.75, 3.05) is 5.32 Å². The summed E-state index contributed by atoms with van der Waals surface area (Å²) in [5.41, 5.74) is 2.40. The Morgan fingerprint density at radius 2 is 1.45 bits per heavy atom. The molecule has 0 saturated carbocycles. The van der Waals surface area contributed by atoms with Crippen LogP contribution in [-0.2, 0) is 4.79 Å². The van der Waals surface area contributed by atoms with Gasteiger partial charge in [0.2, 0.25) is 18.2 Å². The molecule has 2 aromatic carbocycles. The molecule has 0 aliphatic rings. The normalized spacial score (nSPS) is 10.2. The Balaban J connectivity index is 1.88. The zero-order valence-electron chi connectivity index (χ0n) is 10.5. The largest absolute Gasteiger partial charge is 0.416 e. The Morgan fingerprint density at radius 3 is 2.05 bits per heavy atom. The first-order valence-electron chi connectivity index (χ1n) is 6.06. The van der Waals surface area contributed by atoms with Crippen LogP contribution in [-0.4, -0.2) is 16.6 Å². The number of nitrogens with zero attached hydrogens (tertiary/aromatic N) is 2. The van der Waals surface area contributed by atoms with E-state index in [0.29, 0.717) is 23.9 Å². The molecule has 0 spiro atoms. The van der Waals surface area contributed by atoms with Crippen LogP contribution in [0.15, 0.2) is 59.0 Å². The Morgan fingerprint density at radius 1 is 0.850 bits per heavy atom. The lowest BCUT2D eigenvalue weighted by Gasteiger charge is -1.99. The minimum absolute atomic E-state index is 0.446. The fraction of sp³-hybridized carbons (Fsp3) is 0. The average Bonchev–Trinajstić information content (AvgIpc) is 2.99. The highest BCUT2D eigenvalue weighted by atomic mass is 16.4. The zero-order chi connectivity index (χ0) is 13.8. The predicted molar refractivity (Wildman–Crippen MR) is 74.9 cm³/mol. The van der Waals surface area contributed by atoms with E-state index < -0.39 is 0 Å². The maximum atomic E-state index is 10.3. The summed E-state index contributed by atoms with van der Waals surface area (Å²) in [6.07, 6.45) is 0.634. The Kier molecular flexibility index (Phi) is 3.24. The van der Waals surface area contributed by atoms with Gasteiger partial charge in [-0.3, -0.25) is 4.79 Å². The number of anilines is 1. The smallest absolute Gasteiger partial charge is 0.248 e. The third-order valence-electron chi connectivity index (χ3n) is 2.80. The van der Waals surface area contributed by atoms with Crippen molar-refractivity contribution in [1.82, 2.24) is 10.2 Å².